The van der Waals surface area contributed by atoms with Gasteiger partial charge in [-0.15, -0.1) is 0 Å². The van der Waals surface area contributed by atoms with Crippen molar-refractivity contribution in [3.8, 4) is 0 Å². The molecule has 0 aromatic carbocycles. The van der Waals surface area contributed by atoms with Crippen LogP contribution in [0.15, 0.2) is 0 Å². The summed E-state index contributed by atoms with van der Waals surface area (Å²) in [6.07, 6.45) is 1.06. The summed E-state index contributed by atoms with van der Waals surface area (Å²) in [4.78, 5) is 19.1. The molecular weight excluding hydrogens is 292 g/mol. The lowest BCUT2D eigenvalue weighted by atomic mass is 10.2. The number of carbonyl (C=O) groups excluding carboxylic acids is 1. The Morgan fingerprint density at radius 2 is 2.35 bits per heavy atom. The highest BCUT2D eigenvalue weighted by atomic mass is 32.2. The number of aromatic nitrogens is 1. The first-order valence-electron chi connectivity index (χ1n) is 6.84. The van der Waals surface area contributed by atoms with Gasteiger partial charge in [0.05, 0.1) is 0 Å². The van der Waals surface area contributed by atoms with Crippen LogP contribution >= 0.6 is 23.1 Å². The Balaban J connectivity index is 2.05. The number of nitrogen functional groups attached to an aromatic ring is 1. The highest BCUT2D eigenvalue weighted by Gasteiger charge is 2.27. The first-order valence-corrected chi connectivity index (χ1v) is 8.81. The van der Waals surface area contributed by atoms with E-state index < -0.39 is 0 Å². The van der Waals surface area contributed by atoms with Crippen LogP contribution in [-0.4, -0.2) is 46.9 Å². The third kappa shape index (κ3) is 3.58. The molecule has 1 saturated heterocycles. The Hall–Kier alpha value is -0.950. The maximum absolute atomic E-state index is 12.5. The highest BCUT2D eigenvalue weighted by Crippen LogP contribution is 2.29. The molecule has 1 unspecified atom stereocenters. The number of nitrogens with two attached hydrogens (primary N) is 1. The van der Waals surface area contributed by atoms with Crippen molar-refractivity contribution in [2.75, 3.05) is 36.1 Å². The summed E-state index contributed by atoms with van der Waals surface area (Å²) >= 11 is 3.25. The van der Waals surface area contributed by atoms with Gasteiger partial charge in [0.25, 0.3) is 5.91 Å². The van der Waals surface area contributed by atoms with Crippen LogP contribution in [-0.2, 0) is 0 Å². The minimum absolute atomic E-state index is 0.00917. The average molecular weight is 314 g/mol. The third-order valence-corrected chi connectivity index (χ3v) is 5.44. The SMILES string of the molecule is CC(C)CNc1nc(N)c(C(=O)N(C)C2CCSC2)s1. The average Bonchev–Trinajstić information content (AvgIpc) is 3.04. The number of hydrogen-bond acceptors (Lipinski definition) is 6. The van der Waals surface area contributed by atoms with Crippen molar-refractivity contribution in [1.82, 2.24) is 9.88 Å². The highest BCUT2D eigenvalue weighted by molar-refractivity contribution is 7.99. The smallest absolute Gasteiger partial charge is 0.267 e. The first kappa shape index (κ1) is 15.4. The van der Waals surface area contributed by atoms with Gasteiger partial charge in [-0.3, -0.25) is 4.79 Å². The van der Waals surface area contributed by atoms with Gasteiger partial charge in [0.2, 0.25) is 0 Å². The number of nitrogens with zero attached hydrogens (tertiary/aromatic N) is 2. The zero-order valence-electron chi connectivity index (χ0n) is 12.2. The quantitative estimate of drug-likeness (QED) is 0.873. The molecule has 5 nitrogen and oxygen atoms in total. The molecule has 2 heterocycles. The molecule has 1 aromatic heterocycles. The van der Waals surface area contributed by atoms with E-state index in [-0.39, 0.29) is 5.91 Å². The lowest BCUT2D eigenvalue weighted by Gasteiger charge is -2.23. The van der Waals surface area contributed by atoms with Crippen molar-refractivity contribution in [2.24, 2.45) is 5.92 Å². The Kier molecular flexibility index (Phi) is 5.15. The van der Waals surface area contributed by atoms with Crippen LogP contribution in [0.4, 0.5) is 10.9 Å². The Morgan fingerprint density at radius 3 is 2.95 bits per heavy atom. The summed E-state index contributed by atoms with van der Waals surface area (Å²) in [7, 11) is 1.86. The molecule has 20 heavy (non-hydrogen) atoms. The molecular formula is C13H22N4OS2. The van der Waals surface area contributed by atoms with E-state index in [9.17, 15) is 4.79 Å². The second-order valence-electron chi connectivity index (χ2n) is 5.44. The molecule has 1 aliphatic rings. The molecule has 7 heteroatoms. The molecule has 0 radical (unpaired) electrons. The standard InChI is InChI=1S/C13H22N4OS2/c1-8(2)6-15-13-16-11(14)10(20-13)12(18)17(3)9-4-5-19-7-9/h8-9H,4-7,14H2,1-3H3,(H,15,16). The number of anilines is 2. The number of nitrogens with one attached hydrogen (secondary N) is 1. The Labute approximate surface area is 128 Å². The van der Waals surface area contributed by atoms with Crippen molar-refractivity contribution in [3.05, 3.63) is 4.88 Å². The van der Waals surface area contributed by atoms with Gasteiger partial charge in [0, 0.05) is 25.4 Å². The van der Waals surface area contributed by atoms with Gasteiger partial charge < -0.3 is 16.0 Å². The van der Waals surface area contributed by atoms with Crippen molar-refractivity contribution >= 4 is 40.0 Å². The molecule has 0 spiro atoms. The zero-order valence-corrected chi connectivity index (χ0v) is 13.8. The molecule has 1 aromatic rings. The maximum atomic E-state index is 12.5. The van der Waals surface area contributed by atoms with Gasteiger partial charge in [-0.05, 0) is 18.1 Å². The van der Waals surface area contributed by atoms with Gasteiger partial charge in [-0.25, -0.2) is 4.98 Å². The lowest BCUT2D eigenvalue weighted by molar-refractivity contribution is 0.0753. The second kappa shape index (κ2) is 6.67. The van der Waals surface area contributed by atoms with Crippen molar-refractivity contribution in [1.29, 1.82) is 0 Å². The summed E-state index contributed by atoms with van der Waals surface area (Å²) in [6, 6.07) is 0.320. The predicted molar refractivity (Wildman–Crippen MR) is 87.7 cm³/mol. The van der Waals surface area contributed by atoms with Gasteiger partial charge in [0.1, 0.15) is 10.7 Å². The summed E-state index contributed by atoms with van der Waals surface area (Å²) in [6.45, 7) is 5.08. The van der Waals surface area contributed by atoms with Gasteiger partial charge >= 0.3 is 0 Å². The number of hydrogen-bond donors (Lipinski definition) is 2. The molecule has 2 rings (SSSR count). The van der Waals surface area contributed by atoms with Crippen molar-refractivity contribution in [3.63, 3.8) is 0 Å². The number of thiazole rings is 1. The van der Waals surface area contributed by atoms with E-state index in [1.807, 2.05) is 23.7 Å². The van der Waals surface area contributed by atoms with E-state index in [1.165, 1.54) is 11.3 Å². The van der Waals surface area contributed by atoms with Crippen molar-refractivity contribution < 1.29 is 4.79 Å². The minimum Gasteiger partial charge on any atom is -0.382 e. The molecule has 1 fully saturated rings. The van der Waals surface area contributed by atoms with E-state index in [0.29, 0.717) is 22.7 Å². The first-order chi connectivity index (χ1) is 9.49. The van der Waals surface area contributed by atoms with Crippen LogP contribution in [0.2, 0.25) is 0 Å². The monoisotopic (exact) mass is 314 g/mol. The van der Waals surface area contributed by atoms with Crippen LogP contribution < -0.4 is 11.1 Å². The number of carbonyl (C=O) groups is 1. The van der Waals surface area contributed by atoms with E-state index in [1.54, 1.807) is 0 Å². The van der Waals surface area contributed by atoms with E-state index >= 15 is 0 Å². The van der Waals surface area contributed by atoms with E-state index in [2.05, 4.69) is 24.1 Å². The fraction of sp³-hybridized carbons (Fsp3) is 0.692. The molecule has 3 N–H and O–H groups in total. The van der Waals surface area contributed by atoms with Crippen molar-refractivity contribution in [2.45, 2.75) is 26.3 Å². The number of rotatable bonds is 5. The summed E-state index contributed by atoms with van der Waals surface area (Å²) in [5.74, 6) is 2.99. The molecule has 1 amide bonds. The molecule has 0 bridgehead atoms. The predicted octanol–water partition coefficient (Wildman–Crippen LogP) is 2.37. The van der Waals surface area contributed by atoms with Crippen LogP contribution in [0.1, 0.15) is 29.9 Å². The molecule has 0 aliphatic carbocycles. The molecule has 112 valence electrons. The lowest BCUT2D eigenvalue weighted by Crippen LogP contribution is -2.36. The fourth-order valence-corrected chi connectivity index (χ4v) is 4.15. The Morgan fingerprint density at radius 1 is 1.60 bits per heavy atom. The number of amides is 1. The molecule has 1 atom stereocenters. The van der Waals surface area contributed by atoms with Crippen LogP contribution in [0.3, 0.4) is 0 Å². The molecule has 1 aliphatic heterocycles. The normalized spacial score (nSPS) is 18.5. The van der Waals surface area contributed by atoms with E-state index in [4.69, 9.17) is 5.73 Å². The van der Waals surface area contributed by atoms with Gasteiger partial charge in [-0.2, -0.15) is 11.8 Å². The van der Waals surface area contributed by atoms with E-state index in [0.717, 1.165) is 29.6 Å². The Bertz CT molecular complexity index is 469. The number of thioether (sulfide) groups is 1. The van der Waals surface area contributed by atoms with Gasteiger partial charge in [0.15, 0.2) is 5.13 Å². The zero-order chi connectivity index (χ0) is 14.7. The summed E-state index contributed by atoms with van der Waals surface area (Å²) < 4.78 is 0. The van der Waals surface area contributed by atoms with Crippen LogP contribution in [0, 0.1) is 5.92 Å². The molecule has 0 saturated carbocycles. The van der Waals surface area contributed by atoms with Crippen LogP contribution in [0.25, 0.3) is 0 Å². The summed E-state index contributed by atoms with van der Waals surface area (Å²) in [5, 5.41) is 3.95. The van der Waals surface area contributed by atoms with Crippen LogP contribution in [0.5, 0.6) is 0 Å². The minimum atomic E-state index is -0.00917. The second-order valence-corrected chi connectivity index (χ2v) is 7.59. The maximum Gasteiger partial charge on any atom is 0.267 e. The van der Waals surface area contributed by atoms with Gasteiger partial charge in [-0.1, -0.05) is 25.2 Å². The summed E-state index contributed by atoms with van der Waals surface area (Å²) in [5.41, 5.74) is 5.89. The largest absolute Gasteiger partial charge is 0.382 e. The fourth-order valence-electron chi connectivity index (χ4n) is 2.01. The third-order valence-electron chi connectivity index (χ3n) is 3.28. The topological polar surface area (TPSA) is 71.2 Å².